The standard InChI is InChI=1S/C5H5N3S3.3Na.3H/c1-6-2-8-4(7-1)5-9-3-10-11-5;;;;;;/h1-2,5H,3H2;;;;;;. The van der Waals surface area contributed by atoms with E-state index in [1.165, 1.54) is 0 Å². The van der Waals surface area contributed by atoms with Crippen LogP contribution < -0.4 is 0 Å². The fourth-order valence-corrected chi connectivity index (χ4v) is 5.59. The summed E-state index contributed by atoms with van der Waals surface area (Å²) in [5, 5.41) is 1.13. The second-order valence-electron chi connectivity index (χ2n) is 1.83. The zero-order valence-corrected chi connectivity index (χ0v) is 7.96. The van der Waals surface area contributed by atoms with Crippen LogP contribution in [-0.4, -0.2) is 109 Å². The molecule has 3 nitrogen and oxygen atoms in total. The van der Waals surface area contributed by atoms with Crippen LogP contribution in [0.2, 0.25) is 0 Å². The topological polar surface area (TPSA) is 38.7 Å². The molecule has 0 radical (unpaired) electrons. The predicted octanol–water partition coefficient (Wildman–Crippen LogP) is 0.0104. The third-order valence-corrected chi connectivity index (χ3v) is 6.03. The van der Waals surface area contributed by atoms with Crippen LogP contribution in [0.1, 0.15) is 10.4 Å². The number of thioether (sulfide) groups is 1. The van der Waals surface area contributed by atoms with Crippen molar-refractivity contribution in [3.8, 4) is 0 Å². The van der Waals surface area contributed by atoms with Gasteiger partial charge in [0.1, 0.15) is 17.2 Å². The summed E-state index contributed by atoms with van der Waals surface area (Å²) in [4.78, 5) is 11.9. The Morgan fingerprint density at radius 3 is 2.29 bits per heavy atom. The summed E-state index contributed by atoms with van der Waals surface area (Å²) < 4.78 is 0.406. The molecule has 0 amide bonds. The molecule has 14 heavy (non-hydrogen) atoms. The van der Waals surface area contributed by atoms with Gasteiger partial charge >= 0.3 is 88.7 Å². The smallest absolute Gasteiger partial charge is 0.155 e. The number of hydrogen-bond acceptors (Lipinski definition) is 6. The Kier molecular flexibility index (Phi) is 15.5. The summed E-state index contributed by atoms with van der Waals surface area (Å²) in [6, 6.07) is 0. The molecule has 1 aromatic rings. The predicted molar refractivity (Wildman–Crippen MR) is 71.7 cm³/mol. The maximum atomic E-state index is 4.08. The van der Waals surface area contributed by atoms with Crippen LogP contribution in [0.25, 0.3) is 0 Å². The van der Waals surface area contributed by atoms with E-state index in [0.717, 1.165) is 10.9 Å². The molecule has 1 aromatic heterocycles. The fraction of sp³-hybridized carbons (Fsp3) is 0.400. The first-order valence-electron chi connectivity index (χ1n) is 2.98. The van der Waals surface area contributed by atoms with Crippen LogP contribution in [0.15, 0.2) is 12.7 Å². The maximum Gasteiger partial charge on any atom is 0.155 e. The average molecular weight is 275 g/mol. The van der Waals surface area contributed by atoms with E-state index in [-0.39, 0.29) is 88.7 Å². The zero-order chi connectivity index (χ0) is 7.52. The molecule has 9 heteroatoms. The first kappa shape index (κ1) is 19.4. The molecule has 64 valence electrons. The Morgan fingerprint density at radius 2 is 1.79 bits per heavy atom. The summed E-state index contributed by atoms with van der Waals surface area (Å²) in [5.74, 6) is 0.889. The summed E-state index contributed by atoms with van der Waals surface area (Å²) in [5.41, 5.74) is 0. The van der Waals surface area contributed by atoms with Gasteiger partial charge in [0, 0.05) is 0 Å². The second kappa shape index (κ2) is 11.2. The van der Waals surface area contributed by atoms with E-state index in [4.69, 9.17) is 0 Å². The van der Waals surface area contributed by atoms with Crippen molar-refractivity contribution >= 4 is 122 Å². The molecule has 0 N–H and O–H groups in total. The Bertz CT molecular complexity index is 234. The summed E-state index contributed by atoms with van der Waals surface area (Å²) >= 11 is 1.87. The van der Waals surface area contributed by atoms with Crippen LogP contribution in [0.4, 0.5) is 0 Å². The van der Waals surface area contributed by atoms with Crippen LogP contribution >= 0.6 is 33.3 Å². The van der Waals surface area contributed by atoms with Gasteiger partial charge in [-0.25, -0.2) is 15.0 Å². The largest absolute Gasteiger partial charge is 0.225 e. The fourth-order valence-electron chi connectivity index (χ4n) is 0.694. The minimum atomic E-state index is 0. The minimum absolute atomic E-state index is 0. The van der Waals surface area contributed by atoms with Gasteiger partial charge in [0.25, 0.3) is 0 Å². The van der Waals surface area contributed by atoms with Crippen molar-refractivity contribution in [3.05, 3.63) is 18.5 Å². The Morgan fingerprint density at radius 1 is 1.14 bits per heavy atom. The van der Waals surface area contributed by atoms with Crippen molar-refractivity contribution in [1.82, 2.24) is 15.0 Å². The van der Waals surface area contributed by atoms with Crippen molar-refractivity contribution in [2.24, 2.45) is 0 Å². The molecule has 0 bridgehead atoms. The summed E-state index contributed by atoms with van der Waals surface area (Å²) in [6.45, 7) is 0. The summed E-state index contributed by atoms with van der Waals surface area (Å²) in [7, 11) is 3.68. The van der Waals surface area contributed by atoms with Crippen molar-refractivity contribution in [3.63, 3.8) is 0 Å². The van der Waals surface area contributed by atoms with E-state index < -0.39 is 0 Å². The zero-order valence-electron chi connectivity index (χ0n) is 5.51. The van der Waals surface area contributed by atoms with E-state index in [2.05, 4.69) is 15.0 Å². The molecule has 2 rings (SSSR count). The maximum absolute atomic E-state index is 4.08. The molecule has 1 aliphatic heterocycles. The van der Waals surface area contributed by atoms with Gasteiger partial charge in [-0.15, -0.1) is 11.8 Å². The Hall–Kier alpha value is 3.06. The van der Waals surface area contributed by atoms with Crippen LogP contribution in [0.3, 0.4) is 0 Å². The summed E-state index contributed by atoms with van der Waals surface area (Å²) in [6.07, 6.45) is 3.10. The van der Waals surface area contributed by atoms with Gasteiger partial charge in [0.05, 0.1) is 5.08 Å². The number of aromatic nitrogens is 3. The third-order valence-electron chi connectivity index (χ3n) is 1.15. The minimum Gasteiger partial charge on any atom is -0.225 e. The molecule has 0 aliphatic carbocycles. The van der Waals surface area contributed by atoms with Crippen molar-refractivity contribution < 1.29 is 0 Å². The first-order chi connectivity index (χ1) is 5.47. The SMILES string of the molecule is [NaH].[NaH].[NaH].c1ncnc(C2SCSS2)n1. The van der Waals surface area contributed by atoms with Crippen molar-refractivity contribution in [1.29, 1.82) is 0 Å². The molecule has 1 aliphatic rings. The van der Waals surface area contributed by atoms with Gasteiger partial charge in [-0.2, -0.15) is 0 Å². The molecule has 1 saturated heterocycles. The molecule has 0 spiro atoms. The van der Waals surface area contributed by atoms with Crippen LogP contribution in [0.5, 0.6) is 0 Å². The first-order valence-corrected chi connectivity index (χ1v) is 6.41. The van der Waals surface area contributed by atoms with Gasteiger partial charge in [0.15, 0.2) is 5.82 Å². The molecule has 2 heterocycles. The molecule has 0 saturated carbocycles. The van der Waals surface area contributed by atoms with Crippen molar-refractivity contribution in [2.75, 3.05) is 5.08 Å². The Labute approximate surface area is 162 Å². The average Bonchev–Trinajstić information content (AvgIpc) is 2.58. The number of nitrogens with zero attached hydrogens (tertiary/aromatic N) is 3. The molecule has 0 aromatic carbocycles. The molecule has 1 atom stereocenters. The van der Waals surface area contributed by atoms with Gasteiger partial charge in [-0.1, -0.05) is 21.6 Å². The van der Waals surface area contributed by atoms with Crippen LogP contribution in [-0.2, 0) is 0 Å². The van der Waals surface area contributed by atoms with E-state index in [9.17, 15) is 0 Å². The molecular weight excluding hydrogens is 267 g/mol. The molecule has 1 unspecified atom stereocenters. The monoisotopic (exact) mass is 275 g/mol. The Balaban J connectivity index is 0. The van der Waals surface area contributed by atoms with E-state index >= 15 is 0 Å². The van der Waals surface area contributed by atoms with E-state index in [0.29, 0.717) is 4.58 Å². The quantitative estimate of drug-likeness (QED) is 0.531. The normalized spacial score (nSPS) is 18.7. The van der Waals surface area contributed by atoms with Gasteiger partial charge in [-0.05, 0) is 0 Å². The second-order valence-corrected chi connectivity index (χ2v) is 6.06. The molecule has 1 fully saturated rings. The van der Waals surface area contributed by atoms with Crippen LogP contribution in [0, 0.1) is 0 Å². The van der Waals surface area contributed by atoms with Gasteiger partial charge in [0.2, 0.25) is 0 Å². The van der Waals surface area contributed by atoms with E-state index in [1.807, 2.05) is 33.3 Å². The molecular formula is C5H8N3Na3S3. The van der Waals surface area contributed by atoms with Crippen molar-refractivity contribution in [2.45, 2.75) is 4.58 Å². The van der Waals surface area contributed by atoms with E-state index in [1.54, 1.807) is 12.7 Å². The van der Waals surface area contributed by atoms with Gasteiger partial charge in [-0.3, -0.25) is 0 Å². The number of hydrogen-bond donors (Lipinski definition) is 0. The third kappa shape index (κ3) is 6.12. The van der Waals surface area contributed by atoms with Gasteiger partial charge < -0.3 is 0 Å². The number of rotatable bonds is 1.